The van der Waals surface area contributed by atoms with Gasteiger partial charge in [0, 0.05) is 12.0 Å². The molecule has 27 heavy (non-hydrogen) atoms. The van der Waals surface area contributed by atoms with E-state index in [1.54, 1.807) is 24.3 Å². The van der Waals surface area contributed by atoms with Crippen LogP contribution in [0.1, 0.15) is 44.3 Å². The van der Waals surface area contributed by atoms with Crippen molar-refractivity contribution in [2.45, 2.75) is 44.1 Å². The molecule has 2 aliphatic rings. The Morgan fingerprint density at radius 3 is 2.74 bits per heavy atom. The van der Waals surface area contributed by atoms with Crippen LogP contribution >= 0.6 is 11.6 Å². The standard InChI is InChI=1S/C21H19ClFN3O/c22-15-10-13(14-6-2-3-7-16(14)23)11-17-19(15)25-20(24-17)18-12-21(27-26-18)8-4-1-5-9-21/h2-3,6-7,10-11H,1,4-5,8-9,12H2,(H,24,25). The maximum atomic E-state index is 14.2. The first-order chi connectivity index (χ1) is 13.1. The highest BCUT2D eigenvalue weighted by Gasteiger charge is 2.41. The summed E-state index contributed by atoms with van der Waals surface area (Å²) in [6.07, 6.45) is 6.47. The van der Waals surface area contributed by atoms with Crippen molar-refractivity contribution >= 4 is 28.3 Å². The maximum Gasteiger partial charge on any atom is 0.156 e. The van der Waals surface area contributed by atoms with Crippen LogP contribution < -0.4 is 0 Å². The highest BCUT2D eigenvalue weighted by Crippen LogP contribution is 2.39. The third-order valence-electron chi connectivity index (χ3n) is 5.61. The molecule has 1 aliphatic heterocycles. The molecule has 0 amide bonds. The fourth-order valence-electron chi connectivity index (χ4n) is 4.17. The first-order valence-electron chi connectivity index (χ1n) is 9.33. The predicted octanol–water partition coefficient (Wildman–Crippen LogP) is 5.85. The molecule has 4 nitrogen and oxygen atoms in total. The van der Waals surface area contributed by atoms with Gasteiger partial charge in [-0.3, -0.25) is 0 Å². The second kappa shape index (κ2) is 6.34. The van der Waals surface area contributed by atoms with Crippen molar-refractivity contribution in [1.82, 2.24) is 9.97 Å². The number of oxime groups is 1. The van der Waals surface area contributed by atoms with E-state index in [2.05, 4.69) is 15.1 Å². The molecule has 5 rings (SSSR count). The van der Waals surface area contributed by atoms with E-state index < -0.39 is 0 Å². The summed E-state index contributed by atoms with van der Waals surface area (Å²) < 4.78 is 14.2. The molecule has 1 fully saturated rings. The van der Waals surface area contributed by atoms with Crippen LogP contribution in [-0.2, 0) is 4.84 Å². The van der Waals surface area contributed by atoms with Gasteiger partial charge in [0.2, 0.25) is 0 Å². The molecular formula is C21H19ClFN3O. The van der Waals surface area contributed by atoms with Crippen molar-refractivity contribution in [3.63, 3.8) is 0 Å². The highest BCUT2D eigenvalue weighted by molar-refractivity contribution is 6.35. The molecule has 0 radical (unpaired) electrons. The number of hydrogen-bond donors (Lipinski definition) is 1. The largest absolute Gasteiger partial charge is 0.388 e. The van der Waals surface area contributed by atoms with Crippen LogP contribution in [0.5, 0.6) is 0 Å². The Kier molecular flexibility index (Phi) is 3.93. The lowest BCUT2D eigenvalue weighted by molar-refractivity contribution is -0.0449. The Balaban J connectivity index is 1.51. The molecule has 0 unspecified atom stereocenters. The van der Waals surface area contributed by atoms with E-state index in [1.165, 1.54) is 25.3 Å². The van der Waals surface area contributed by atoms with E-state index in [-0.39, 0.29) is 11.4 Å². The van der Waals surface area contributed by atoms with Gasteiger partial charge in [-0.2, -0.15) is 0 Å². The number of hydrogen-bond acceptors (Lipinski definition) is 3. The van der Waals surface area contributed by atoms with E-state index in [1.807, 2.05) is 6.07 Å². The van der Waals surface area contributed by atoms with E-state index in [0.29, 0.717) is 27.5 Å². The van der Waals surface area contributed by atoms with Crippen LogP contribution in [0.3, 0.4) is 0 Å². The topological polar surface area (TPSA) is 50.3 Å². The number of aromatic nitrogens is 2. The molecule has 1 saturated carbocycles. The molecule has 1 N–H and O–H groups in total. The van der Waals surface area contributed by atoms with Gasteiger partial charge in [0.25, 0.3) is 0 Å². The number of rotatable bonds is 2. The summed E-state index contributed by atoms with van der Waals surface area (Å²) in [6, 6.07) is 10.3. The number of halogens is 2. The number of imidazole rings is 1. The van der Waals surface area contributed by atoms with Gasteiger partial charge < -0.3 is 9.82 Å². The van der Waals surface area contributed by atoms with Crippen molar-refractivity contribution in [2.24, 2.45) is 5.16 Å². The van der Waals surface area contributed by atoms with E-state index >= 15 is 0 Å². The predicted molar refractivity (Wildman–Crippen MR) is 105 cm³/mol. The van der Waals surface area contributed by atoms with Crippen molar-refractivity contribution < 1.29 is 9.23 Å². The average Bonchev–Trinajstić information content (AvgIpc) is 3.28. The average molecular weight is 384 g/mol. The van der Waals surface area contributed by atoms with Crippen LogP contribution in [0.4, 0.5) is 4.39 Å². The Morgan fingerprint density at radius 2 is 1.93 bits per heavy atom. The number of nitrogens with one attached hydrogen (secondary N) is 1. The molecule has 0 saturated heterocycles. The summed E-state index contributed by atoms with van der Waals surface area (Å²) in [5.41, 5.74) is 3.32. The number of fused-ring (bicyclic) bond motifs is 1. The van der Waals surface area contributed by atoms with Gasteiger partial charge in [-0.25, -0.2) is 9.37 Å². The van der Waals surface area contributed by atoms with Crippen LogP contribution in [0, 0.1) is 5.82 Å². The van der Waals surface area contributed by atoms with E-state index in [9.17, 15) is 4.39 Å². The Morgan fingerprint density at radius 1 is 1.11 bits per heavy atom. The molecule has 0 atom stereocenters. The van der Waals surface area contributed by atoms with Crippen LogP contribution in [0.25, 0.3) is 22.2 Å². The van der Waals surface area contributed by atoms with Crippen LogP contribution in [0.2, 0.25) is 5.02 Å². The lowest BCUT2D eigenvalue weighted by Gasteiger charge is -2.30. The van der Waals surface area contributed by atoms with Gasteiger partial charge >= 0.3 is 0 Å². The molecule has 6 heteroatoms. The Bertz CT molecular complexity index is 1050. The molecule has 1 aromatic heterocycles. The zero-order valence-corrected chi connectivity index (χ0v) is 15.5. The number of benzene rings is 2. The highest BCUT2D eigenvalue weighted by atomic mass is 35.5. The fourth-order valence-corrected chi connectivity index (χ4v) is 4.43. The second-order valence-electron chi connectivity index (χ2n) is 7.47. The number of H-pyrrole nitrogens is 1. The molecule has 3 aromatic rings. The Labute approximate surface area is 161 Å². The summed E-state index contributed by atoms with van der Waals surface area (Å²) in [6.45, 7) is 0. The quantitative estimate of drug-likeness (QED) is 0.603. The van der Waals surface area contributed by atoms with Crippen LogP contribution in [0.15, 0.2) is 41.6 Å². The lowest BCUT2D eigenvalue weighted by Crippen LogP contribution is -2.31. The third-order valence-corrected chi connectivity index (χ3v) is 5.91. The van der Waals surface area contributed by atoms with Crippen LogP contribution in [-0.4, -0.2) is 21.3 Å². The molecule has 0 bridgehead atoms. The molecule has 2 aromatic carbocycles. The van der Waals surface area contributed by atoms with Crippen molar-refractivity contribution in [1.29, 1.82) is 0 Å². The van der Waals surface area contributed by atoms with E-state index in [4.69, 9.17) is 16.4 Å². The van der Waals surface area contributed by atoms with Gasteiger partial charge in [-0.15, -0.1) is 0 Å². The van der Waals surface area contributed by atoms with Gasteiger partial charge in [-0.1, -0.05) is 41.4 Å². The van der Waals surface area contributed by atoms with Gasteiger partial charge in [0.15, 0.2) is 5.82 Å². The molecule has 1 spiro atoms. The third kappa shape index (κ3) is 2.90. The zero-order chi connectivity index (χ0) is 18.4. The minimum atomic E-state index is -0.281. The first kappa shape index (κ1) is 16.8. The van der Waals surface area contributed by atoms with E-state index in [0.717, 1.165) is 30.5 Å². The molecule has 138 valence electrons. The first-order valence-corrected chi connectivity index (χ1v) is 9.71. The molecule has 1 aliphatic carbocycles. The zero-order valence-electron chi connectivity index (χ0n) is 14.8. The van der Waals surface area contributed by atoms with Crippen molar-refractivity contribution in [3.8, 4) is 11.1 Å². The number of nitrogens with zero attached hydrogens (tertiary/aromatic N) is 2. The fraction of sp³-hybridized carbons (Fsp3) is 0.333. The smallest absolute Gasteiger partial charge is 0.156 e. The summed E-state index contributed by atoms with van der Waals surface area (Å²) in [4.78, 5) is 13.8. The molecule has 2 heterocycles. The summed E-state index contributed by atoms with van der Waals surface area (Å²) in [5.74, 6) is 0.400. The molecular weight excluding hydrogens is 365 g/mol. The van der Waals surface area contributed by atoms with Crippen molar-refractivity contribution in [3.05, 3.63) is 53.1 Å². The van der Waals surface area contributed by atoms with Gasteiger partial charge in [-0.05, 0) is 49.4 Å². The minimum Gasteiger partial charge on any atom is -0.388 e. The lowest BCUT2D eigenvalue weighted by atomic mass is 9.81. The second-order valence-corrected chi connectivity index (χ2v) is 7.87. The summed E-state index contributed by atoms with van der Waals surface area (Å²) in [7, 11) is 0. The SMILES string of the molecule is Fc1ccccc1-c1cc(Cl)c2[nH]c(C3=NOC4(CCCCC4)C3)nc2c1. The maximum absolute atomic E-state index is 14.2. The van der Waals surface area contributed by atoms with Crippen molar-refractivity contribution in [2.75, 3.05) is 0 Å². The summed E-state index contributed by atoms with van der Waals surface area (Å²) >= 11 is 6.46. The van der Waals surface area contributed by atoms with Gasteiger partial charge in [0.05, 0.1) is 16.1 Å². The Hall–Kier alpha value is -2.40. The van der Waals surface area contributed by atoms with Gasteiger partial charge in [0.1, 0.15) is 17.1 Å². The monoisotopic (exact) mass is 383 g/mol. The number of aromatic amines is 1. The minimum absolute atomic E-state index is 0.158. The summed E-state index contributed by atoms with van der Waals surface area (Å²) in [5, 5.41) is 4.83. The normalized spacial score (nSPS) is 18.7.